The van der Waals surface area contributed by atoms with E-state index in [9.17, 15) is 9.59 Å². The molecule has 0 saturated heterocycles. The Morgan fingerprint density at radius 2 is 2.00 bits per heavy atom. The number of pyridine rings is 1. The van der Waals surface area contributed by atoms with Gasteiger partial charge in [0.2, 0.25) is 5.91 Å². The fourth-order valence-electron chi connectivity index (χ4n) is 1.75. The van der Waals surface area contributed by atoms with Crippen LogP contribution in [0.3, 0.4) is 0 Å². The standard InChI is InChI=1S/C14H12BrClN2O2/c1-9-6-12(15)14(20)18(7-9)8-13(19)17-11-4-2-10(16)3-5-11/h2-7H,8H2,1H3,(H,17,19). The maximum absolute atomic E-state index is 11.9. The lowest BCUT2D eigenvalue weighted by Gasteiger charge is -2.09. The maximum atomic E-state index is 11.9. The zero-order valence-electron chi connectivity index (χ0n) is 10.7. The predicted molar refractivity (Wildman–Crippen MR) is 83.2 cm³/mol. The van der Waals surface area contributed by atoms with Gasteiger partial charge in [-0.25, -0.2) is 0 Å². The van der Waals surface area contributed by atoms with E-state index < -0.39 is 0 Å². The van der Waals surface area contributed by atoms with Crippen LogP contribution in [0.1, 0.15) is 5.56 Å². The fourth-order valence-corrected chi connectivity index (χ4v) is 2.46. The molecule has 6 heteroatoms. The molecule has 1 amide bonds. The molecular formula is C14H12BrClN2O2. The lowest BCUT2D eigenvalue weighted by Crippen LogP contribution is -2.27. The summed E-state index contributed by atoms with van der Waals surface area (Å²) in [6, 6.07) is 8.50. The summed E-state index contributed by atoms with van der Waals surface area (Å²) in [4.78, 5) is 23.8. The normalized spacial score (nSPS) is 10.3. The van der Waals surface area contributed by atoms with Gasteiger partial charge in [-0.3, -0.25) is 9.59 Å². The van der Waals surface area contributed by atoms with Gasteiger partial charge in [-0.15, -0.1) is 0 Å². The second kappa shape index (κ2) is 6.24. The smallest absolute Gasteiger partial charge is 0.265 e. The summed E-state index contributed by atoms with van der Waals surface area (Å²) in [7, 11) is 0. The van der Waals surface area contributed by atoms with Crippen LogP contribution in [0, 0.1) is 6.92 Å². The molecule has 104 valence electrons. The van der Waals surface area contributed by atoms with Crippen LogP contribution in [0.2, 0.25) is 5.02 Å². The Hall–Kier alpha value is -1.59. The lowest BCUT2D eigenvalue weighted by molar-refractivity contribution is -0.116. The number of carbonyl (C=O) groups excluding carboxylic acids is 1. The zero-order valence-corrected chi connectivity index (χ0v) is 13.0. The number of aryl methyl sites for hydroxylation is 1. The summed E-state index contributed by atoms with van der Waals surface area (Å²) in [6.45, 7) is 1.82. The topological polar surface area (TPSA) is 51.1 Å². The van der Waals surface area contributed by atoms with E-state index in [1.165, 1.54) is 4.57 Å². The molecule has 1 aromatic heterocycles. The molecule has 0 saturated carbocycles. The first-order valence-electron chi connectivity index (χ1n) is 5.88. The first kappa shape index (κ1) is 14.8. The van der Waals surface area contributed by atoms with Gasteiger partial charge in [0.15, 0.2) is 0 Å². The molecule has 0 aliphatic carbocycles. The minimum Gasteiger partial charge on any atom is -0.325 e. The van der Waals surface area contributed by atoms with Gasteiger partial charge in [0.05, 0.1) is 4.47 Å². The van der Waals surface area contributed by atoms with Crippen LogP contribution in [-0.4, -0.2) is 10.5 Å². The van der Waals surface area contributed by atoms with E-state index in [0.29, 0.717) is 15.2 Å². The van der Waals surface area contributed by atoms with Gasteiger partial charge in [0, 0.05) is 16.9 Å². The zero-order chi connectivity index (χ0) is 14.7. The molecule has 2 rings (SSSR count). The molecule has 2 aromatic rings. The van der Waals surface area contributed by atoms with Crippen LogP contribution in [-0.2, 0) is 11.3 Å². The molecule has 1 N–H and O–H groups in total. The van der Waals surface area contributed by atoms with Crippen molar-refractivity contribution in [2.45, 2.75) is 13.5 Å². The van der Waals surface area contributed by atoms with Gasteiger partial charge in [-0.1, -0.05) is 11.6 Å². The number of nitrogens with zero attached hydrogens (tertiary/aromatic N) is 1. The Balaban J connectivity index is 2.12. The Morgan fingerprint density at radius 1 is 1.35 bits per heavy atom. The summed E-state index contributed by atoms with van der Waals surface area (Å²) in [5.41, 5.74) is 1.30. The molecule has 0 spiro atoms. The molecule has 0 bridgehead atoms. The number of carbonyl (C=O) groups is 1. The second-order valence-electron chi connectivity index (χ2n) is 4.35. The Labute approximate surface area is 129 Å². The second-order valence-corrected chi connectivity index (χ2v) is 5.64. The largest absolute Gasteiger partial charge is 0.325 e. The van der Waals surface area contributed by atoms with Crippen LogP contribution in [0.4, 0.5) is 5.69 Å². The number of hydrogen-bond acceptors (Lipinski definition) is 2. The van der Waals surface area contributed by atoms with E-state index in [1.54, 1.807) is 36.5 Å². The highest BCUT2D eigenvalue weighted by atomic mass is 79.9. The minimum absolute atomic E-state index is 0.0399. The average Bonchev–Trinajstić information content (AvgIpc) is 2.38. The van der Waals surface area contributed by atoms with Gasteiger partial charge in [0.1, 0.15) is 6.54 Å². The number of amides is 1. The highest BCUT2D eigenvalue weighted by Gasteiger charge is 2.08. The van der Waals surface area contributed by atoms with E-state index >= 15 is 0 Å². The van der Waals surface area contributed by atoms with Crippen LogP contribution >= 0.6 is 27.5 Å². The maximum Gasteiger partial charge on any atom is 0.265 e. The van der Waals surface area contributed by atoms with Crippen molar-refractivity contribution in [3.05, 3.63) is 61.9 Å². The third kappa shape index (κ3) is 3.71. The summed E-state index contributed by atoms with van der Waals surface area (Å²) in [6.07, 6.45) is 1.65. The van der Waals surface area contributed by atoms with Crippen molar-refractivity contribution in [3.63, 3.8) is 0 Å². The number of rotatable bonds is 3. The van der Waals surface area contributed by atoms with Crippen molar-refractivity contribution in [1.29, 1.82) is 0 Å². The third-order valence-electron chi connectivity index (χ3n) is 2.62. The highest BCUT2D eigenvalue weighted by Crippen LogP contribution is 2.13. The molecule has 0 radical (unpaired) electrons. The Bertz CT molecular complexity index is 695. The van der Waals surface area contributed by atoms with E-state index in [-0.39, 0.29) is 18.0 Å². The quantitative estimate of drug-likeness (QED) is 0.919. The van der Waals surface area contributed by atoms with Gasteiger partial charge in [0.25, 0.3) is 5.56 Å². The average molecular weight is 356 g/mol. The first-order chi connectivity index (χ1) is 9.45. The summed E-state index contributed by atoms with van der Waals surface area (Å²) < 4.78 is 1.81. The SMILES string of the molecule is Cc1cc(Br)c(=O)n(CC(=O)Nc2ccc(Cl)cc2)c1. The highest BCUT2D eigenvalue weighted by molar-refractivity contribution is 9.10. The van der Waals surface area contributed by atoms with E-state index in [1.807, 2.05) is 6.92 Å². The van der Waals surface area contributed by atoms with E-state index in [4.69, 9.17) is 11.6 Å². The number of benzene rings is 1. The third-order valence-corrected chi connectivity index (χ3v) is 3.44. The van der Waals surface area contributed by atoms with E-state index in [0.717, 1.165) is 5.56 Å². The van der Waals surface area contributed by atoms with Crippen LogP contribution in [0.15, 0.2) is 45.8 Å². The number of nitrogens with one attached hydrogen (secondary N) is 1. The van der Waals surface area contributed by atoms with Crippen LogP contribution in [0.5, 0.6) is 0 Å². The van der Waals surface area contributed by atoms with Crippen molar-refractivity contribution < 1.29 is 4.79 Å². The molecule has 0 atom stereocenters. The van der Waals surface area contributed by atoms with Crippen molar-refractivity contribution in [3.8, 4) is 0 Å². The minimum atomic E-state index is -0.271. The lowest BCUT2D eigenvalue weighted by atomic mass is 10.3. The molecule has 0 unspecified atom stereocenters. The van der Waals surface area contributed by atoms with Crippen LogP contribution < -0.4 is 10.9 Å². The predicted octanol–water partition coefficient (Wildman–Crippen LogP) is 3.21. The Morgan fingerprint density at radius 3 is 2.65 bits per heavy atom. The monoisotopic (exact) mass is 354 g/mol. The summed E-state index contributed by atoms with van der Waals surface area (Å²) in [5, 5.41) is 3.31. The van der Waals surface area contributed by atoms with Crippen LogP contribution in [0.25, 0.3) is 0 Å². The molecule has 1 heterocycles. The molecule has 4 nitrogen and oxygen atoms in total. The van der Waals surface area contributed by atoms with Crippen molar-refractivity contribution in [2.24, 2.45) is 0 Å². The van der Waals surface area contributed by atoms with Gasteiger partial charge >= 0.3 is 0 Å². The van der Waals surface area contributed by atoms with Gasteiger partial charge in [-0.05, 0) is 58.7 Å². The summed E-state index contributed by atoms with van der Waals surface area (Å²) >= 11 is 8.95. The molecule has 1 aromatic carbocycles. The number of anilines is 1. The number of halogens is 2. The first-order valence-corrected chi connectivity index (χ1v) is 7.05. The van der Waals surface area contributed by atoms with Gasteiger partial charge in [-0.2, -0.15) is 0 Å². The number of aromatic nitrogens is 1. The van der Waals surface area contributed by atoms with Crippen molar-refractivity contribution in [2.75, 3.05) is 5.32 Å². The fraction of sp³-hybridized carbons (Fsp3) is 0.143. The molecular weight excluding hydrogens is 344 g/mol. The molecule has 0 aliphatic heterocycles. The molecule has 0 fully saturated rings. The van der Waals surface area contributed by atoms with Crippen molar-refractivity contribution >= 4 is 39.1 Å². The van der Waals surface area contributed by atoms with Crippen molar-refractivity contribution in [1.82, 2.24) is 4.57 Å². The Kier molecular flexibility index (Phi) is 4.62. The summed E-state index contributed by atoms with van der Waals surface area (Å²) in [5.74, 6) is -0.271. The van der Waals surface area contributed by atoms with Gasteiger partial charge < -0.3 is 9.88 Å². The molecule has 0 aliphatic rings. The van der Waals surface area contributed by atoms with E-state index in [2.05, 4.69) is 21.2 Å². The number of hydrogen-bond donors (Lipinski definition) is 1. The molecule has 20 heavy (non-hydrogen) atoms.